The van der Waals surface area contributed by atoms with E-state index in [4.69, 9.17) is 5.73 Å². The van der Waals surface area contributed by atoms with Crippen molar-refractivity contribution in [1.29, 1.82) is 0 Å². The summed E-state index contributed by atoms with van der Waals surface area (Å²) in [6.45, 7) is 2.74. The van der Waals surface area contributed by atoms with Crippen LogP contribution in [-0.2, 0) is 9.84 Å². The first-order chi connectivity index (χ1) is 6.62. The van der Waals surface area contributed by atoms with Crippen molar-refractivity contribution in [1.82, 2.24) is 0 Å². The molecule has 0 aliphatic heterocycles. The zero-order chi connectivity index (χ0) is 10.9. The Morgan fingerprint density at radius 3 is 2.00 bits per heavy atom. The summed E-state index contributed by atoms with van der Waals surface area (Å²) in [4.78, 5) is 0. The molecule has 0 radical (unpaired) electrons. The fraction of sp³-hybridized carbons (Fsp3) is 1.00. The normalized spacial score (nSPS) is 11.9. The van der Waals surface area contributed by atoms with Crippen LogP contribution in [0.3, 0.4) is 0 Å². The highest BCUT2D eigenvalue weighted by Gasteiger charge is 2.08. The molecule has 0 aliphatic carbocycles. The Morgan fingerprint density at radius 1 is 0.929 bits per heavy atom. The SMILES string of the molecule is CCCCCS(=O)(=O)CCCCCN. The third-order valence-electron chi connectivity index (χ3n) is 2.22. The topological polar surface area (TPSA) is 60.2 Å². The molecule has 0 aliphatic rings. The van der Waals surface area contributed by atoms with Crippen molar-refractivity contribution in [3.63, 3.8) is 0 Å². The van der Waals surface area contributed by atoms with Gasteiger partial charge in [-0.05, 0) is 25.8 Å². The maximum absolute atomic E-state index is 11.4. The van der Waals surface area contributed by atoms with Gasteiger partial charge in [0.1, 0.15) is 9.84 Å². The minimum Gasteiger partial charge on any atom is -0.330 e. The number of hydrogen-bond acceptors (Lipinski definition) is 3. The molecule has 0 unspecified atom stereocenters. The van der Waals surface area contributed by atoms with Gasteiger partial charge in [-0.3, -0.25) is 0 Å². The highest BCUT2D eigenvalue weighted by atomic mass is 32.2. The van der Waals surface area contributed by atoms with Crippen LogP contribution in [0.5, 0.6) is 0 Å². The Kier molecular flexibility index (Phi) is 8.18. The molecule has 0 aromatic rings. The average Bonchev–Trinajstić information content (AvgIpc) is 2.13. The summed E-state index contributed by atoms with van der Waals surface area (Å²) in [5.41, 5.74) is 5.33. The van der Waals surface area contributed by atoms with Crippen LogP contribution in [0.2, 0.25) is 0 Å². The Morgan fingerprint density at radius 2 is 1.50 bits per heavy atom. The zero-order valence-corrected chi connectivity index (χ0v) is 9.98. The standard InChI is InChI=1S/C10H23NO2S/c1-2-3-6-9-14(12,13)10-7-4-5-8-11/h2-11H2,1H3. The molecule has 0 fully saturated rings. The molecule has 2 N–H and O–H groups in total. The summed E-state index contributed by atoms with van der Waals surface area (Å²) >= 11 is 0. The van der Waals surface area contributed by atoms with E-state index in [-0.39, 0.29) is 0 Å². The van der Waals surface area contributed by atoms with Crippen LogP contribution in [0.4, 0.5) is 0 Å². The van der Waals surface area contributed by atoms with E-state index < -0.39 is 9.84 Å². The molecule has 4 heteroatoms. The van der Waals surface area contributed by atoms with Crippen LogP contribution in [0.1, 0.15) is 45.4 Å². The van der Waals surface area contributed by atoms with Crippen molar-refractivity contribution in [2.75, 3.05) is 18.1 Å². The Hall–Kier alpha value is -0.0900. The van der Waals surface area contributed by atoms with E-state index in [1.807, 2.05) is 0 Å². The van der Waals surface area contributed by atoms with E-state index in [2.05, 4.69) is 6.92 Å². The molecular weight excluding hydrogens is 198 g/mol. The van der Waals surface area contributed by atoms with E-state index in [1.54, 1.807) is 0 Å². The number of sulfone groups is 1. The van der Waals surface area contributed by atoms with E-state index in [1.165, 1.54) is 0 Å². The molecule has 0 spiro atoms. The van der Waals surface area contributed by atoms with Crippen molar-refractivity contribution in [2.45, 2.75) is 45.4 Å². The lowest BCUT2D eigenvalue weighted by Crippen LogP contribution is -2.11. The lowest BCUT2D eigenvalue weighted by atomic mass is 10.2. The zero-order valence-electron chi connectivity index (χ0n) is 9.17. The van der Waals surface area contributed by atoms with Gasteiger partial charge in [-0.25, -0.2) is 8.42 Å². The second-order valence-electron chi connectivity index (χ2n) is 3.71. The van der Waals surface area contributed by atoms with Gasteiger partial charge in [-0.15, -0.1) is 0 Å². The maximum atomic E-state index is 11.4. The van der Waals surface area contributed by atoms with E-state index in [0.29, 0.717) is 18.1 Å². The van der Waals surface area contributed by atoms with E-state index in [0.717, 1.165) is 38.5 Å². The van der Waals surface area contributed by atoms with Crippen LogP contribution in [0, 0.1) is 0 Å². The molecule has 3 nitrogen and oxygen atoms in total. The summed E-state index contributed by atoms with van der Waals surface area (Å²) in [6, 6.07) is 0. The summed E-state index contributed by atoms with van der Waals surface area (Å²) in [5.74, 6) is 0.709. The van der Waals surface area contributed by atoms with E-state index >= 15 is 0 Å². The van der Waals surface area contributed by atoms with Gasteiger partial charge in [-0.2, -0.15) is 0 Å². The van der Waals surface area contributed by atoms with Crippen LogP contribution >= 0.6 is 0 Å². The molecule has 14 heavy (non-hydrogen) atoms. The fourth-order valence-electron chi connectivity index (χ4n) is 1.32. The lowest BCUT2D eigenvalue weighted by Gasteiger charge is -2.03. The highest BCUT2D eigenvalue weighted by molar-refractivity contribution is 7.91. The fourth-order valence-corrected chi connectivity index (χ4v) is 2.81. The molecule has 0 amide bonds. The van der Waals surface area contributed by atoms with Crippen molar-refractivity contribution in [2.24, 2.45) is 5.73 Å². The number of hydrogen-bond donors (Lipinski definition) is 1. The molecule has 0 rings (SSSR count). The Balaban J connectivity index is 3.52. The van der Waals surface area contributed by atoms with Crippen LogP contribution in [0.25, 0.3) is 0 Å². The summed E-state index contributed by atoms with van der Waals surface area (Å²) in [7, 11) is -2.78. The number of nitrogens with two attached hydrogens (primary N) is 1. The van der Waals surface area contributed by atoms with Crippen molar-refractivity contribution < 1.29 is 8.42 Å². The molecule has 0 bridgehead atoms. The van der Waals surface area contributed by atoms with Crippen LogP contribution in [-0.4, -0.2) is 26.5 Å². The average molecular weight is 221 g/mol. The van der Waals surface area contributed by atoms with Gasteiger partial charge in [-0.1, -0.05) is 26.2 Å². The monoisotopic (exact) mass is 221 g/mol. The van der Waals surface area contributed by atoms with Gasteiger partial charge in [0.15, 0.2) is 0 Å². The van der Waals surface area contributed by atoms with Crippen molar-refractivity contribution in [3.05, 3.63) is 0 Å². The molecule has 0 atom stereocenters. The minimum atomic E-state index is -2.78. The third kappa shape index (κ3) is 8.51. The van der Waals surface area contributed by atoms with Gasteiger partial charge in [0.05, 0.1) is 11.5 Å². The predicted molar refractivity (Wildman–Crippen MR) is 61.1 cm³/mol. The second-order valence-corrected chi connectivity index (χ2v) is 6.01. The minimum absolute atomic E-state index is 0.344. The van der Waals surface area contributed by atoms with Crippen LogP contribution < -0.4 is 5.73 Å². The molecule has 0 saturated heterocycles. The van der Waals surface area contributed by atoms with Gasteiger partial charge in [0, 0.05) is 0 Å². The summed E-state index contributed by atoms with van der Waals surface area (Å²) < 4.78 is 22.9. The first kappa shape index (κ1) is 13.9. The summed E-state index contributed by atoms with van der Waals surface area (Å²) in [5, 5.41) is 0. The smallest absolute Gasteiger partial charge is 0.150 e. The first-order valence-electron chi connectivity index (χ1n) is 5.53. The van der Waals surface area contributed by atoms with Gasteiger partial charge < -0.3 is 5.73 Å². The van der Waals surface area contributed by atoms with Gasteiger partial charge >= 0.3 is 0 Å². The lowest BCUT2D eigenvalue weighted by molar-refractivity contribution is 0.585. The third-order valence-corrected chi connectivity index (χ3v) is 4.04. The Labute approximate surface area is 88.0 Å². The van der Waals surface area contributed by atoms with Gasteiger partial charge in [0.25, 0.3) is 0 Å². The molecule has 0 aromatic carbocycles. The largest absolute Gasteiger partial charge is 0.330 e. The highest BCUT2D eigenvalue weighted by Crippen LogP contribution is 2.04. The number of unbranched alkanes of at least 4 members (excludes halogenated alkanes) is 4. The molecule has 86 valence electrons. The predicted octanol–water partition coefficient (Wildman–Crippen LogP) is 1.72. The van der Waals surface area contributed by atoms with Crippen molar-refractivity contribution in [3.8, 4) is 0 Å². The molecular formula is C10H23NO2S. The molecule has 0 heterocycles. The first-order valence-corrected chi connectivity index (χ1v) is 7.35. The Bertz CT molecular complexity index is 212. The van der Waals surface area contributed by atoms with Crippen molar-refractivity contribution >= 4 is 9.84 Å². The van der Waals surface area contributed by atoms with Crippen LogP contribution in [0.15, 0.2) is 0 Å². The molecule has 0 saturated carbocycles. The summed E-state index contributed by atoms with van der Waals surface area (Å²) in [6.07, 6.45) is 5.54. The van der Waals surface area contributed by atoms with Gasteiger partial charge in [0.2, 0.25) is 0 Å². The molecule has 0 aromatic heterocycles. The number of rotatable bonds is 9. The second kappa shape index (κ2) is 8.24. The van der Waals surface area contributed by atoms with E-state index in [9.17, 15) is 8.42 Å². The maximum Gasteiger partial charge on any atom is 0.150 e. The quantitative estimate of drug-likeness (QED) is 0.603.